The molecule has 0 aliphatic carbocycles. The molecule has 1 aromatic carbocycles. The Hall–Kier alpha value is -1.32. The van der Waals surface area contributed by atoms with Crippen molar-refractivity contribution in [3.63, 3.8) is 0 Å². The SMILES string of the molecule is Clc1cccc2[nH]c(CCCc3cccs3)nc12. The maximum absolute atomic E-state index is 6.10. The highest BCUT2D eigenvalue weighted by Crippen LogP contribution is 2.21. The van der Waals surface area contributed by atoms with Gasteiger partial charge in [-0.2, -0.15) is 0 Å². The number of H-pyrrole nitrogens is 1. The molecule has 1 N–H and O–H groups in total. The summed E-state index contributed by atoms with van der Waals surface area (Å²) < 4.78 is 0. The number of rotatable bonds is 4. The minimum atomic E-state index is 0.716. The fourth-order valence-electron chi connectivity index (χ4n) is 2.05. The quantitative estimate of drug-likeness (QED) is 0.749. The summed E-state index contributed by atoms with van der Waals surface area (Å²) in [5, 5.41) is 2.84. The van der Waals surface area contributed by atoms with Gasteiger partial charge >= 0.3 is 0 Å². The van der Waals surface area contributed by atoms with Gasteiger partial charge in [0.2, 0.25) is 0 Å². The predicted octanol–water partition coefficient (Wildman–Crippen LogP) is 4.45. The zero-order chi connectivity index (χ0) is 12.4. The molecule has 0 saturated carbocycles. The van der Waals surface area contributed by atoms with Crippen LogP contribution >= 0.6 is 22.9 Å². The number of fused-ring (bicyclic) bond motifs is 1. The van der Waals surface area contributed by atoms with Crippen LogP contribution in [0, 0.1) is 0 Å². The second-order valence-corrected chi connectivity index (χ2v) is 5.69. The van der Waals surface area contributed by atoms with Gasteiger partial charge in [-0.1, -0.05) is 23.7 Å². The summed E-state index contributed by atoms with van der Waals surface area (Å²) in [6, 6.07) is 10.1. The lowest BCUT2D eigenvalue weighted by Gasteiger charge is -1.95. The first-order chi connectivity index (χ1) is 8.83. The lowest BCUT2D eigenvalue weighted by Crippen LogP contribution is -1.90. The average molecular weight is 277 g/mol. The number of aromatic nitrogens is 2. The van der Waals surface area contributed by atoms with Crippen molar-refractivity contribution in [3.05, 3.63) is 51.4 Å². The smallest absolute Gasteiger partial charge is 0.107 e. The van der Waals surface area contributed by atoms with Gasteiger partial charge in [-0.25, -0.2) is 4.98 Å². The van der Waals surface area contributed by atoms with E-state index in [0.717, 1.165) is 36.1 Å². The highest BCUT2D eigenvalue weighted by Gasteiger charge is 2.05. The van der Waals surface area contributed by atoms with Gasteiger partial charge in [-0.3, -0.25) is 0 Å². The highest BCUT2D eigenvalue weighted by molar-refractivity contribution is 7.09. The molecular weight excluding hydrogens is 264 g/mol. The molecule has 4 heteroatoms. The first-order valence-corrected chi connectivity index (χ1v) is 7.24. The van der Waals surface area contributed by atoms with Gasteiger partial charge in [-0.05, 0) is 36.4 Å². The van der Waals surface area contributed by atoms with E-state index in [9.17, 15) is 0 Å². The van der Waals surface area contributed by atoms with E-state index in [1.54, 1.807) is 0 Å². The van der Waals surface area contributed by atoms with Crippen LogP contribution < -0.4 is 0 Å². The lowest BCUT2D eigenvalue weighted by atomic mass is 10.2. The number of nitrogens with one attached hydrogen (secondary N) is 1. The van der Waals surface area contributed by atoms with Gasteiger partial charge in [0.25, 0.3) is 0 Å². The number of para-hydroxylation sites is 1. The second kappa shape index (κ2) is 5.12. The summed E-state index contributed by atoms with van der Waals surface area (Å²) in [6.07, 6.45) is 3.18. The summed E-state index contributed by atoms with van der Waals surface area (Å²) in [7, 11) is 0. The normalized spacial score (nSPS) is 11.2. The topological polar surface area (TPSA) is 28.7 Å². The number of hydrogen-bond acceptors (Lipinski definition) is 2. The number of imidazole rings is 1. The molecule has 18 heavy (non-hydrogen) atoms. The molecule has 0 aliphatic rings. The van der Waals surface area contributed by atoms with Crippen LogP contribution in [0.2, 0.25) is 5.02 Å². The van der Waals surface area contributed by atoms with Crippen molar-refractivity contribution in [2.24, 2.45) is 0 Å². The first kappa shape index (κ1) is 11.8. The number of aryl methyl sites for hydroxylation is 2. The molecular formula is C14H13ClN2S. The van der Waals surface area contributed by atoms with Crippen LogP contribution in [0.3, 0.4) is 0 Å². The first-order valence-electron chi connectivity index (χ1n) is 5.98. The van der Waals surface area contributed by atoms with Crippen molar-refractivity contribution in [2.45, 2.75) is 19.3 Å². The summed E-state index contributed by atoms with van der Waals surface area (Å²) in [5.41, 5.74) is 1.90. The molecule has 0 atom stereocenters. The van der Waals surface area contributed by atoms with Crippen molar-refractivity contribution in [3.8, 4) is 0 Å². The van der Waals surface area contributed by atoms with Crippen LogP contribution in [-0.2, 0) is 12.8 Å². The fourth-order valence-corrected chi connectivity index (χ4v) is 3.02. The Bertz CT molecular complexity index is 643. The molecule has 2 heterocycles. The maximum atomic E-state index is 6.10. The number of halogens is 1. The van der Waals surface area contributed by atoms with Crippen molar-refractivity contribution in [2.75, 3.05) is 0 Å². The second-order valence-electron chi connectivity index (χ2n) is 4.25. The Morgan fingerprint density at radius 3 is 2.89 bits per heavy atom. The van der Waals surface area contributed by atoms with Crippen molar-refractivity contribution < 1.29 is 0 Å². The summed E-state index contributed by atoms with van der Waals surface area (Å²) in [6.45, 7) is 0. The van der Waals surface area contributed by atoms with Gasteiger partial charge < -0.3 is 4.98 Å². The molecule has 0 fully saturated rings. The lowest BCUT2D eigenvalue weighted by molar-refractivity contribution is 0.793. The molecule has 3 rings (SSSR count). The van der Waals surface area contributed by atoms with Crippen molar-refractivity contribution >= 4 is 34.0 Å². The van der Waals surface area contributed by atoms with Crippen LogP contribution in [0.1, 0.15) is 17.1 Å². The molecule has 92 valence electrons. The van der Waals surface area contributed by atoms with E-state index in [4.69, 9.17) is 11.6 Å². The molecule has 2 aromatic heterocycles. The van der Waals surface area contributed by atoms with Gasteiger partial charge in [-0.15, -0.1) is 11.3 Å². The van der Waals surface area contributed by atoms with E-state index in [-0.39, 0.29) is 0 Å². The molecule has 2 nitrogen and oxygen atoms in total. The molecule has 0 unspecified atom stereocenters. The number of thiophene rings is 1. The van der Waals surface area contributed by atoms with Crippen LogP contribution in [0.5, 0.6) is 0 Å². The summed E-state index contributed by atoms with van der Waals surface area (Å²) >= 11 is 7.92. The predicted molar refractivity (Wildman–Crippen MR) is 77.4 cm³/mol. The molecule has 3 aromatic rings. The van der Waals surface area contributed by atoms with Gasteiger partial charge in [0.15, 0.2) is 0 Å². The molecule has 0 saturated heterocycles. The minimum absolute atomic E-state index is 0.716. The molecule has 0 radical (unpaired) electrons. The molecule has 0 amide bonds. The Morgan fingerprint density at radius 1 is 1.17 bits per heavy atom. The summed E-state index contributed by atoms with van der Waals surface area (Å²) in [5.74, 6) is 1.02. The largest absolute Gasteiger partial charge is 0.342 e. The van der Waals surface area contributed by atoms with Gasteiger partial charge in [0, 0.05) is 11.3 Å². The third-order valence-corrected chi connectivity index (χ3v) is 4.17. The standard InChI is InChI=1S/C14H13ClN2S/c15-11-6-2-7-12-14(11)17-13(16-12)8-1-4-10-5-3-9-18-10/h2-3,5-7,9H,1,4,8H2,(H,16,17). The molecule has 0 bridgehead atoms. The monoisotopic (exact) mass is 276 g/mol. The highest BCUT2D eigenvalue weighted by atomic mass is 35.5. The van der Waals surface area contributed by atoms with Crippen molar-refractivity contribution in [1.29, 1.82) is 0 Å². The third kappa shape index (κ3) is 2.42. The van der Waals surface area contributed by atoms with Gasteiger partial charge in [0.05, 0.1) is 10.5 Å². The molecule has 0 spiro atoms. The Kier molecular flexibility index (Phi) is 3.35. The van der Waals surface area contributed by atoms with E-state index in [1.165, 1.54) is 4.88 Å². The maximum Gasteiger partial charge on any atom is 0.107 e. The van der Waals surface area contributed by atoms with E-state index < -0.39 is 0 Å². The molecule has 0 aliphatic heterocycles. The fraction of sp³-hybridized carbons (Fsp3) is 0.214. The number of hydrogen-bond donors (Lipinski definition) is 1. The van der Waals surface area contributed by atoms with E-state index >= 15 is 0 Å². The van der Waals surface area contributed by atoms with Crippen LogP contribution in [-0.4, -0.2) is 9.97 Å². The van der Waals surface area contributed by atoms with E-state index in [2.05, 4.69) is 27.5 Å². The minimum Gasteiger partial charge on any atom is -0.342 e. The average Bonchev–Trinajstić information content (AvgIpc) is 2.98. The Balaban J connectivity index is 1.69. The third-order valence-electron chi connectivity index (χ3n) is 2.93. The van der Waals surface area contributed by atoms with E-state index in [0.29, 0.717) is 5.02 Å². The number of aromatic amines is 1. The number of benzene rings is 1. The van der Waals surface area contributed by atoms with Gasteiger partial charge in [0.1, 0.15) is 11.3 Å². The summed E-state index contributed by atoms with van der Waals surface area (Å²) in [4.78, 5) is 9.31. The van der Waals surface area contributed by atoms with Crippen molar-refractivity contribution in [1.82, 2.24) is 9.97 Å². The van der Waals surface area contributed by atoms with Crippen LogP contribution in [0.15, 0.2) is 35.7 Å². The van der Waals surface area contributed by atoms with Crippen LogP contribution in [0.25, 0.3) is 11.0 Å². The Morgan fingerprint density at radius 2 is 2.11 bits per heavy atom. The van der Waals surface area contributed by atoms with E-state index in [1.807, 2.05) is 29.5 Å². The Labute approximate surface area is 115 Å². The zero-order valence-corrected chi connectivity index (χ0v) is 11.4. The zero-order valence-electron chi connectivity index (χ0n) is 9.82. The number of nitrogens with zero attached hydrogens (tertiary/aromatic N) is 1. The van der Waals surface area contributed by atoms with Crippen LogP contribution in [0.4, 0.5) is 0 Å².